The third-order valence-corrected chi connectivity index (χ3v) is 3.26. The zero-order chi connectivity index (χ0) is 15.4. The van der Waals surface area contributed by atoms with Gasteiger partial charge in [-0.25, -0.2) is 4.79 Å². The van der Waals surface area contributed by atoms with E-state index < -0.39 is 5.97 Å². The lowest BCUT2D eigenvalue weighted by atomic mass is 10.1. The van der Waals surface area contributed by atoms with Crippen LogP contribution in [0.25, 0.3) is 0 Å². The van der Waals surface area contributed by atoms with Crippen LogP contribution < -0.4 is 10.6 Å². The van der Waals surface area contributed by atoms with Crippen molar-refractivity contribution in [2.45, 2.75) is 84.2 Å². The number of urea groups is 1. The van der Waals surface area contributed by atoms with Crippen molar-refractivity contribution >= 4 is 12.0 Å². The number of carboxylic acid groups (broad SMARTS) is 1. The Bertz CT molecular complexity index is 282. The monoisotopic (exact) mass is 286 g/mol. The van der Waals surface area contributed by atoms with Crippen molar-refractivity contribution in [2.24, 2.45) is 0 Å². The van der Waals surface area contributed by atoms with Crippen molar-refractivity contribution in [3.05, 3.63) is 0 Å². The van der Waals surface area contributed by atoms with E-state index in [1.165, 1.54) is 19.3 Å². The number of amides is 2. The summed E-state index contributed by atoms with van der Waals surface area (Å²) in [7, 11) is 0. The first-order chi connectivity index (χ1) is 9.49. The highest BCUT2D eigenvalue weighted by molar-refractivity contribution is 5.75. The third-order valence-electron chi connectivity index (χ3n) is 3.26. The van der Waals surface area contributed by atoms with Gasteiger partial charge in [0.15, 0.2) is 0 Å². The maximum absolute atomic E-state index is 11.8. The smallest absolute Gasteiger partial charge is 0.315 e. The molecule has 5 nitrogen and oxygen atoms in total. The minimum atomic E-state index is -0.878. The molecule has 0 rings (SSSR count). The van der Waals surface area contributed by atoms with E-state index in [0.29, 0.717) is 6.42 Å². The molecule has 0 aliphatic heterocycles. The lowest BCUT2D eigenvalue weighted by Crippen LogP contribution is -2.46. The Hall–Kier alpha value is -1.26. The van der Waals surface area contributed by atoms with Gasteiger partial charge in [-0.2, -0.15) is 0 Å². The van der Waals surface area contributed by atoms with Gasteiger partial charge in [-0.1, -0.05) is 46.0 Å². The average molecular weight is 286 g/mol. The number of hydrogen-bond donors (Lipinski definition) is 3. The Labute approximate surface area is 122 Å². The van der Waals surface area contributed by atoms with Gasteiger partial charge >= 0.3 is 12.0 Å². The highest BCUT2D eigenvalue weighted by atomic mass is 16.4. The van der Waals surface area contributed by atoms with E-state index in [2.05, 4.69) is 17.6 Å². The minimum absolute atomic E-state index is 0.0217. The van der Waals surface area contributed by atoms with Crippen LogP contribution in [0.5, 0.6) is 0 Å². The summed E-state index contributed by atoms with van der Waals surface area (Å²) in [4.78, 5) is 22.5. The number of hydrogen-bond acceptors (Lipinski definition) is 2. The molecular formula is C15H30N2O3. The fourth-order valence-corrected chi connectivity index (χ4v) is 2.18. The summed E-state index contributed by atoms with van der Waals surface area (Å²) in [6.45, 7) is 6.13. The largest absolute Gasteiger partial charge is 0.481 e. The van der Waals surface area contributed by atoms with Crippen LogP contribution in [0.4, 0.5) is 4.79 Å². The van der Waals surface area contributed by atoms with Gasteiger partial charge in [0.05, 0.1) is 6.42 Å². The summed E-state index contributed by atoms with van der Waals surface area (Å²) < 4.78 is 0. The van der Waals surface area contributed by atoms with Gasteiger partial charge in [-0.05, 0) is 19.8 Å². The number of carbonyl (C=O) groups excluding carboxylic acids is 1. The number of rotatable bonds is 11. The van der Waals surface area contributed by atoms with Crippen LogP contribution >= 0.6 is 0 Å². The van der Waals surface area contributed by atoms with Crippen molar-refractivity contribution < 1.29 is 14.7 Å². The lowest BCUT2D eigenvalue weighted by Gasteiger charge is -2.19. The second-order valence-corrected chi connectivity index (χ2v) is 5.45. The molecule has 0 aliphatic rings. The van der Waals surface area contributed by atoms with Crippen LogP contribution in [0.2, 0.25) is 0 Å². The molecule has 5 heteroatoms. The molecule has 0 fully saturated rings. The molecular weight excluding hydrogens is 256 g/mol. The maximum atomic E-state index is 11.8. The van der Waals surface area contributed by atoms with Crippen molar-refractivity contribution in [3.63, 3.8) is 0 Å². The van der Waals surface area contributed by atoms with Crippen LogP contribution in [0.3, 0.4) is 0 Å². The molecule has 0 heterocycles. The molecule has 0 saturated heterocycles. The van der Waals surface area contributed by atoms with E-state index in [1.54, 1.807) is 0 Å². The van der Waals surface area contributed by atoms with Crippen molar-refractivity contribution in [3.8, 4) is 0 Å². The van der Waals surface area contributed by atoms with E-state index in [0.717, 1.165) is 19.3 Å². The molecule has 0 spiro atoms. The number of carbonyl (C=O) groups is 2. The quantitative estimate of drug-likeness (QED) is 0.510. The summed E-state index contributed by atoms with van der Waals surface area (Å²) in [5.74, 6) is -0.878. The first kappa shape index (κ1) is 18.7. The van der Waals surface area contributed by atoms with Crippen LogP contribution in [0.1, 0.15) is 72.1 Å². The molecule has 118 valence electrons. The predicted molar refractivity (Wildman–Crippen MR) is 80.8 cm³/mol. The summed E-state index contributed by atoms with van der Waals surface area (Å²) in [6, 6.07) is -0.420. The molecule has 0 aromatic heterocycles. The Kier molecular flexibility index (Phi) is 10.8. The fourth-order valence-electron chi connectivity index (χ4n) is 2.18. The molecule has 0 saturated carbocycles. The van der Waals surface area contributed by atoms with E-state index in [4.69, 9.17) is 5.11 Å². The molecule has 0 aromatic carbocycles. The normalized spacial score (nSPS) is 13.6. The molecule has 2 atom stereocenters. The second-order valence-electron chi connectivity index (χ2n) is 5.45. The third kappa shape index (κ3) is 10.6. The van der Waals surface area contributed by atoms with E-state index in [-0.39, 0.29) is 24.5 Å². The summed E-state index contributed by atoms with van der Waals surface area (Å²) in [6.07, 6.45) is 7.23. The molecule has 0 aliphatic carbocycles. The molecule has 20 heavy (non-hydrogen) atoms. The highest BCUT2D eigenvalue weighted by Gasteiger charge is 2.16. The zero-order valence-corrected chi connectivity index (χ0v) is 13.1. The van der Waals surface area contributed by atoms with Crippen molar-refractivity contribution in [1.29, 1.82) is 0 Å². The Morgan fingerprint density at radius 2 is 1.70 bits per heavy atom. The molecule has 0 radical (unpaired) electrons. The molecule has 0 aromatic rings. The van der Waals surface area contributed by atoms with Crippen molar-refractivity contribution in [1.82, 2.24) is 10.6 Å². The summed E-state index contributed by atoms with van der Waals surface area (Å²) in [5, 5.41) is 14.4. The Balaban J connectivity index is 3.95. The Morgan fingerprint density at radius 3 is 2.25 bits per heavy atom. The highest BCUT2D eigenvalue weighted by Crippen LogP contribution is 2.06. The summed E-state index contributed by atoms with van der Waals surface area (Å²) >= 11 is 0. The second kappa shape index (κ2) is 11.6. The molecule has 2 amide bonds. The van der Waals surface area contributed by atoms with Crippen LogP contribution in [-0.2, 0) is 4.79 Å². The molecule has 0 bridgehead atoms. The number of aliphatic carboxylic acids is 1. The number of nitrogens with one attached hydrogen (secondary N) is 2. The van der Waals surface area contributed by atoms with Crippen LogP contribution in [0.15, 0.2) is 0 Å². The van der Waals surface area contributed by atoms with Gasteiger partial charge in [0.1, 0.15) is 0 Å². The topological polar surface area (TPSA) is 78.4 Å². The van der Waals surface area contributed by atoms with E-state index >= 15 is 0 Å². The first-order valence-corrected chi connectivity index (χ1v) is 7.78. The lowest BCUT2D eigenvalue weighted by molar-refractivity contribution is -0.137. The predicted octanol–water partition coefficient (Wildman–Crippen LogP) is 3.29. The van der Waals surface area contributed by atoms with Crippen molar-refractivity contribution in [2.75, 3.05) is 0 Å². The fraction of sp³-hybridized carbons (Fsp3) is 0.867. The van der Waals surface area contributed by atoms with Gasteiger partial charge in [0.2, 0.25) is 0 Å². The van der Waals surface area contributed by atoms with Crippen LogP contribution in [0, 0.1) is 0 Å². The standard InChI is InChI=1S/C15H30N2O3/c1-4-6-7-8-10-12(3)16-15(20)17-13(9-5-2)11-14(18)19/h12-13H,4-11H2,1-3H3,(H,18,19)(H2,16,17,20). The number of unbranched alkanes of at least 4 members (excludes halogenated alkanes) is 3. The SMILES string of the molecule is CCCCCCC(C)NC(=O)NC(CCC)CC(=O)O. The van der Waals surface area contributed by atoms with E-state index in [1.807, 2.05) is 13.8 Å². The van der Waals surface area contributed by atoms with Gasteiger partial charge in [0.25, 0.3) is 0 Å². The number of carboxylic acids is 1. The zero-order valence-electron chi connectivity index (χ0n) is 13.1. The van der Waals surface area contributed by atoms with Crippen LogP contribution in [-0.4, -0.2) is 29.2 Å². The first-order valence-electron chi connectivity index (χ1n) is 7.78. The Morgan fingerprint density at radius 1 is 1.00 bits per heavy atom. The van der Waals surface area contributed by atoms with Gasteiger partial charge in [0, 0.05) is 12.1 Å². The summed E-state index contributed by atoms with van der Waals surface area (Å²) in [5.41, 5.74) is 0. The van der Waals surface area contributed by atoms with Gasteiger partial charge in [-0.15, -0.1) is 0 Å². The van der Waals surface area contributed by atoms with Gasteiger partial charge in [-0.3, -0.25) is 4.79 Å². The van der Waals surface area contributed by atoms with Gasteiger partial charge < -0.3 is 15.7 Å². The molecule has 3 N–H and O–H groups in total. The molecule has 2 unspecified atom stereocenters. The van der Waals surface area contributed by atoms with E-state index in [9.17, 15) is 9.59 Å². The maximum Gasteiger partial charge on any atom is 0.315 e. The average Bonchev–Trinajstić information content (AvgIpc) is 2.34. The minimum Gasteiger partial charge on any atom is -0.481 e.